The maximum Gasteiger partial charge on any atom is 0.318 e. The van der Waals surface area contributed by atoms with Crippen LogP contribution in [0.5, 0.6) is 0 Å². The second-order valence-electron chi connectivity index (χ2n) is 9.50. The Hall–Kier alpha value is -2.60. The first-order valence-corrected chi connectivity index (χ1v) is 12.0. The molecule has 2 amide bonds. The molecule has 4 heterocycles. The SMILES string of the molecule is CCC1(NC(=O)N2CCN(c3cc(-c4ccccc4)ccc3F)CC2)CN2CCC1CC2. The smallest absolute Gasteiger partial charge is 0.318 e. The van der Waals surface area contributed by atoms with Crippen LogP contribution in [-0.2, 0) is 0 Å². The van der Waals surface area contributed by atoms with E-state index in [0.29, 0.717) is 37.8 Å². The summed E-state index contributed by atoms with van der Waals surface area (Å²) < 4.78 is 14.7. The molecule has 0 aliphatic carbocycles. The molecule has 32 heavy (non-hydrogen) atoms. The summed E-state index contributed by atoms with van der Waals surface area (Å²) in [6.07, 6.45) is 3.33. The Bertz CT molecular complexity index is 952. The zero-order valence-corrected chi connectivity index (χ0v) is 18.9. The van der Waals surface area contributed by atoms with E-state index in [1.807, 2.05) is 47.4 Å². The second-order valence-corrected chi connectivity index (χ2v) is 9.50. The number of fused-ring (bicyclic) bond motifs is 3. The van der Waals surface area contributed by atoms with Gasteiger partial charge in [-0.3, -0.25) is 0 Å². The van der Waals surface area contributed by atoms with E-state index >= 15 is 0 Å². The molecule has 1 N–H and O–H groups in total. The van der Waals surface area contributed by atoms with Gasteiger partial charge >= 0.3 is 6.03 Å². The zero-order valence-electron chi connectivity index (χ0n) is 18.9. The Labute approximate surface area is 190 Å². The maximum atomic E-state index is 14.7. The van der Waals surface area contributed by atoms with Crippen LogP contribution in [-0.4, -0.2) is 67.2 Å². The Morgan fingerprint density at radius 2 is 1.72 bits per heavy atom. The number of carbonyl (C=O) groups is 1. The lowest BCUT2D eigenvalue weighted by molar-refractivity contribution is 0.00736. The molecule has 0 radical (unpaired) electrons. The summed E-state index contributed by atoms with van der Waals surface area (Å²) in [5.74, 6) is 0.373. The first-order chi connectivity index (χ1) is 15.6. The van der Waals surface area contributed by atoms with E-state index in [1.54, 1.807) is 6.07 Å². The molecule has 5 nitrogen and oxygen atoms in total. The van der Waals surface area contributed by atoms with Crippen molar-refractivity contribution in [3.63, 3.8) is 0 Å². The van der Waals surface area contributed by atoms with Gasteiger partial charge in [-0.15, -0.1) is 0 Å². The quantitative estimate of drug-likeness (QED) is 0.781. The number of urea groups is 1. The van der Waals surface area contributed by atoms with E-state index in [2.05, 4.69) is 22.0 Å². The number of piperidine rings is 3. The minimum absolute atomic E-state index is 0.0405. The molecule has 4 fully saturated rings. The molecule has 6 heteroatoms. The van der Waals surface area contributed by atoms with Crippen LogP contribution >= 0.6 is 0 Å². The number of hydrogen-bond donors (Lipinski definition) is 1. The fourth-order valence-electron chi connectivity index (χ4n) is 5.81. The predicted molar refractivity (Wildman–Crippen MR) is 126 cm³/mol. The number of benzene rings is 2. The number of carbonyl (C=O) groups excluding carboxylic acids is 1. The van der Waals surface area contributed by atoms with Gasteiger partial charge in [-0.05, 0) is 61.5 Å². The first-order valence-electron chi connectivity index (χ1n) is 12.0. The fraction of sp³-hybridized carbons (Fsp3) is 0.500. The molecule has 2 aromatic rings. The highest BCUT2D eigenvalue weighted by Gasteiger charge is 2.47. The van der Waals surface area contributed by atoms with Gasteiger partial charge in [0.1, 0.15) is 5.82 Å². The molecular weight excluding hydrogens is 403 g/mol. The van der Waals surface area contributed by atoms with E-state index < -0.39 is 0 Å². The number of rotatable bonds is 4. The largest absolute Gasteiger partial charge is 0.366 e. The number of amides is 2. The summed E-state index contributed by atoms with van der Waals surface area (Å²) in [6.45, 7) is 7.97. The summed E-state index contributed by atoms with van der Waals surface area (Å²) >= 11 is 0. The van der Waals surface area contributed by atoms with E-state index in [9.17, 15) is 9.18 Å². The van der Waals surface area contributed by atoms with Gasteiger partial charge in [0.2, 0.25) is 0 Å². The standard InChI is InChI=1S/C26H33FN4O/c1-2-26(19-29-12-10-22(26)11-13-29)28-25(32)31-16-14-30(15-17-31)24-18-21(8-9-23(24)27)20-6-4-3-5-7-20/h3-9,18,22H,2,10-17,19H2,1H3,(H,28,32). The van der Waals surface area contributed by atoms with Crippen LogP contribution in [0, 0.1) is 11.7 Å². The van der Waals surface area contributed by atoms with Crippen molar-refractivity contribution in [1.29, 1.82) is 0 Å². The highest BCUT2D eigenvalue weighted by atomic mass is 19.1. The van der Waals surface area contributed by atoms with Gasteiger partial charge in [-0.1, -0.05) is 43.3 Å². The molecule has 2 aromatic carbocycles. The first kappa shape index (κ1) is 21.3. The third-order valence-corrected chi connectivity index (χ3v) is 7.82. The zero-order chi connectivity index (χ0) is 22.1. The van der Waals surface area contributed by atoms with Crippen LogP contribution in [0.1, 0.15) is 26.2 Å². The van der Waals surface area contributed by atoms with E-state index in [-0.39, 0.29) is 17.4 Å². The lowest BCUT2D eigenvalue weighted by Crippen LogP contribution is -2.68. The molecule has 0 spiro atoms. The number of piperazine rings is 1. The van der Waals surface area contributed by atoms with Crippen molar-refractivity contribution in [2.24, 2.45) is 5.92 Å². The summed E-state index contributed by atoms with van der Waals surface area (Å²) in [4.78, 5) is 19.6. The molecule has 4 saturated heterocycles. The molecule has 0 saturated carbocycles. The van der Waals surface area contributed by atoms with Crippen LogP contribution in [0.3, 0.4) is 0 Å². The lowest BCUT2D eigenvalue weighted by atomic mass is 9.71. The van der Waals surface area contributed by atoms with Gasteiger partial charge in [0.15, 0.2) is 0 Å². The summed E-state index contributed by atoms with van der Waals surface area (Å²) in [5, 5.41) is 3.43. The average Bonchev–Trinajstić information content (AvgIpc) is 2.85. The molecule has 6 rings (SSSR count). The Morgan fingerprint density at radius 1 is 1.00 bits per heavy atom. The number of nitrogens with one attached hydrogen (secondary N) is 1. The van der Waals surface area contributed by atoms with Crippen LogP contribution in [0.15, 0.2) is 48.5 Å². The Balaban J connectivity index is 1.24. The summed E-state index contributed by atoms with van der Waals surface area (Å²) in [7, 11) is 0. The van der Waals surface area contributed by atoms with Gasteiger partial charge in [0.05, 0.1) is 11.2 Å². The number of anilines is 1. The molecule has 4 aliphatic rings. The van der Waals surface area contributed by atoms with Gasteiger partial charge in [0.25, 0.3) is 0 Å². The van der Waals surface area contributed by atoms with Crippen molar-refractivity contribution in [2.75, 3.05) is 50.7 Å². The summed E-state index contributed by atoms with van der Waals surface area (Å²) in [6, 6.07) is 15.4. The van der Waals surface area contributed by atoms with Crippen LogP contribution < -0.4 is 10.2 Å². The van der Waals surface area contributed by atoms with Crippen LogP contribution in [0.25, 0.3) is 11.1 Å². The van der Waals surface area contributed by atoms with Gasteiger partial charge in [-0.2, -0.15) is 0 Å². The van der Waals surface area contributed by atoms with Crippen molar-refractivity contribution >= 4 is 11.7 Å². The highest BCUT2D eigenvalue weighted by Crippen LogP contribution is 2.38. The van der Waals surface area contributed by atoms with Crippen molar-refractivity contribution in [2.45, 2.75) is 31.7 Å². The van der Waals surface area contributed by atoms with E-state index in [0.717, 1.165) is 37.2 Å². The van der Waals surface area contributed by atoms with Gasteiger partial charge in [0, 0.05) is 32.7 Å². The molecule has 0 aromatic heterocycles. The number of nitrogens with zero attached hydrogens (tertiary/aromatic N) is 3. The molecule has 2 bridgehead atoms. The molecule has 1 atom stereocenters. The average molecular weight is 437 g/mol. The number of hydrogen-bond acceptors (Lipinski definition) is 3. The topological polar surface area (TPSA) is 38.8 Å². The summed E-state index contributed by atoms with van der Waals surface area (Å²) in [5.41, 5.74) is 2.61. The van der Waals surface area contributed by atoms with Gasteiger partial charge < -0.3 is 20.0 Å². The van der Waals surface area contributed by atoms with Crippen molar-refractivity contribution in [1.82, 2.24) is 15.1 Å². The van der Waals surface area contributed by atoms with Crippen molar-refractivity contribution in [3.8, 4) is 11.1 Å². The van der Waals surface area contributed by atoms with Crippen molar-refractivity contribution < 1.29 is 9.18 Å². The van der Waals surface area contributed by atoms with Crippen LogP contribution in [0.4, 0.5) is 14.9 Å². The molecule has 1 unspecified atom stereocenters. The van der Waals surface area contributed by atoms with Crippen molar-refractivity contribution in [3.05, 3.63) is 54.3 Å². The minimum atomic E-state index is -0.209. The Kier molecular flexibility index (Phi) is 5.80. The molecular formula is C26H33FN4O. The second kappa shape index (κ2) is 8.74. The lowest BCUT2D eigenvalue weighted by Gasteiger charge is -2.54. The predicted octanol–water partition coefficient (Wildman–Crippen LogP) is 4.20. The Morgan fingerprint density at radius 3 is 2.34 bits per heavy atom. The minimum Gasteiger partial charge on any atom is -0.366 e. The number of halogens is 1. The van der Waals surface area contributed by atoms with Gasteiger partial charge in [-0.25, -0.2) is 9.18 Å². The highest BCUT2D eigenvalue weighted by molar-refractivity contribution is 5.76. The maximum absolute atomic E-state index is 14.7. The third-order valence-electron chi connectivity index (χ3n) is 7.82. The monoisotopic (exact) mass is 436 g/mol. The molecule has 170 valence electrons. The normalized spacial score (nSPS) is 27.4. The van der Waals surface area contributed by atoms with E-state index in [4.69, 9.17) is 0 Å². The van der Waals surface area contributed by atoms with E-state index in [1.165, 1.54) is 12.8 Å². The third kappa shape index (κ3) is 3.96. The van der Waals surface area contributed by atoms with Crippen LogP contribution in [0.2, 0.25) is 0 Å². The molecule has 4 aliphatic heterocycles. The fourth-order valence-corrected chi connectivity index (χ4v) is 5.81.